The highest BCUT2D eigenvalue weighted by molar-refractivity contribution is 5.32. The minimum atomic E-state index is 0.281. The van der Waals surface area contributed by atoms with Crippen LogP contribution in [-0.2, 0) is 6.61 Å². The summed E-state index contributed by atoms with van der Waals surface area (Å²) in [5, 5.41) is 0. The summed E-state index contributed by atoms with van der Waals surface area (Å²) in [5.41, 5.74) is 7.95. The van der Waals surface area contributed by atoms with Crippen molar-refractivity contribution in [3.63, 3.8) is 0 Å². The molecule has 2 aromatic rings. The van der Waals surface area contributed by atoms with Crippen LogP contribution in [0, 0.1) is 6.92 Å². The van der Waals surface area contributed by atoms with Crippen molar-refractivity contribution in [1.29, 1.82) is 0 Å². The lowest BCUT2D eigenvalue weighted by Crippen LogP contribution is -2.11. The maximum atomic E-state index is 5.84. The fourth-order valence-electron chi connectivity index (χ4n) is 1.99. The topological polar surface area (TPSA) is 53.1 Å². The van der Waals surface area contributed by atoms with E-state index in [0.29, 0.717) is 12.6 Å². The van der Waals surface area contributed by atoms with E-state index in [9.17, 15) is 0 Å². The Kier molecular flexibility index (Phi) is 3.55. The zero-order valence-electron chi connectivity index (χ0n) is 11.1. The molecule has 0 aliphatic rings. The number of nitrogens with two attached hydrogens (primary N) is 1. The molecule has 0 aliphatic carbocycles. The number of nitrogen functional groups attached to an aromatic ring is 1. The molecule has 0 fully saturated rings. The number of hydrogen-bond donors (Lipinski definition) is 1. The molecular formula is C14H19N3O. The average molecular weight is 245 g/mol. The van der Waals surface area contributed by atoms with E-state index in [1.165, 1.54) is 0 Å². The van der Waals surface area contributed by atoms with Gasteiger partial charge in [-0.1, -0.05) is 18.2 Å². The summed E-state index contributed by atoms with van der Waals surface area (Å²) in [7, 11) is 0. The van der Waals surface area contributed by atoms with Gasteiger partial charge in [-0.2, -0.15) is 0 Å². The SMILES string of the molecule is Cc1ccccc1OCc1cnc(N)n1C(C)C. The molecule has 2 rings (SSSR count). The molecule has 0 aliphatic heterocycles. The van der Waals surface area contributed by atoms with E-state index in [2.05, 4.69) is 18.8 Å². The second-order valence-electron chi connectivity index (χ2n) is 4.63. The molecule has 0 saturated carbocycles. The first-order valence-electron chi connectivity index (χ1n) is 6.09. The van der Waals surface area contributed by atoms with E-state index in [4.69, 9.17) is 10.5 Å². The Balaban J connectivity index is 2.14. The van der Waals surface area contributed by atoms with Gasteiger partial charge in [0.25, 0.3) is 0 Å². The number of anilines is 1. The highest BCUT2D eigenvalue weighted by Gasteiger charge is 2.11. The van der Waals surface area contributed by atoms with Crippen molar-refractivity contribution in [2.75, 3.05) is 5.73 Å². The number of imidazole rings is 1. The van der Waals surface area contributed by atoms with E-state index in [0.717, 1.165) is 17.0 Å². The minimum Gasteiger partial charge on any atom is -0.487 e. The number of benzene rings is 1. The Bertz CT molecular complexity index is 532. The summed E-state index contributed by atoms with van der Waals surface area (Å²) in [6.07, 6.45) is 1.77. The lowest BCUT2D eigenvalue weighted by Gasteiger charge is -2.14. The van der Waals surface area contributed by atoms with Gasteiger partial charge in [-0.05, 0) is 32.4 Å². The number of aryl methyl sites for hydroxylation is 1. The van der Waals surface area contributed by atoms with Crippen LogP contribution in [0.2, 0.25) is 0 Å². The lowest BCUT2D eigenvalue weighted by atomic mass is 10.2. The van der Waals surface area contributed by atoms with Gasteiger partial charge < -0.3 is 15.0 Å². The number of rotatable bonds is 4. The highest BCUT2D eigenvalue weighted by Crippen LogP contribution is 2.20. The summed E-state index contributed by atoms with van der Waals surface area (Å²) in [5.74, 6) is 1.43. The number of para-hydroxylation sites is 1. The van der Waals surface area contributed by atoms with Crippen molar-refractivity contribution in [2.24, 2.45) is 0 Å². The first kappa shape index (κ1) is 12.5. The third-order valence-corrected chi connectivity index (χ3v) is 2.89. The minimum absolute atomic E-state index is 0.281. The molecule has 1 heterocycles. The van der Waals surface area contributed by atoms with Crippen molar-refractivity contribution >= 4 is 5.95 Å². The lowest BCUT2D eigenvalue weighted by molar-refractivity contribution is 0.290. The highest BCUT2D eigenvalue weighted by atomic mass is 16.5. The molecule has 96 valence electrons. The van der Waals surface area contributed by atoms with Crippen molar-refractivity contribution in [2.45, 2.75) is 33.4 Å². The second-order valence-corrected chi connectivity index (χ2v) is 4.63. The molecule has 2 N–H and O–H groups in total. The summed E-state index contributed by atoms with van der Waals surface area (Å²) in [4.78, 5) is 4.13. The molecule has 18 heavy (non-hydrogen) atoms. The molecule has 1 aromatic heterocycles. The first-order valence-corrected chi connectivity index (χ1v) is 6.09. The van der Waals surface area contributed by atoms with Crippen LogP contribution in [-0.4, -0.2) is 9.55 Å². The van der Waals surface area contributed by atoms with E-state index >= 15 is 0 Å². The quantitative estimate of drug-likeness (QED) is 0.901. The predicted octanol–water partition coefficient (Wildman–Crippen LogP) is 2.93. The Hall–Kier alpha value is -1.97. The standard InChI is InChI=1S/C14H19N3O/c1-10(2)17-12(8-16-14(17)15)9-18-13-7-5-4-6-11(13)3/h4-8,10H,9H2,1-3H3,(H2,15,16). The molecule has 4 nitrogen and oxygen atoms in total. The molecular weight excluding hydrogens is 226 g/mol. The summed E-state index contributed by atoms with van der Waals surface area (Å²) < 4.78 is 7.80. The monoisotopic (exact) mass is 245 g/mol. The fourth-order valence-corrected chi connectivity index (χ4v) is 1.99. The third-order valence-electron chi connectivity index (χ3n) is 2.89. The Morgan fingerprint density at radius 2 is 2.06 bits per heavy atom. The predicted molar refractivity (Wildman–Crippen MR) is 72.5 cm³/mol. The van der Waals surface area contributed by atoms with E-state index < -0.39 is 0 Å². The van der Waals surface area contributed by atoms with Gasteiger partial charge in [-0.15, -0.1) is 0 Å². The van der Waals surface area contributed by atoms with Gasteiger partial charge in [0.2, 0.25) is 5.95 Å². The van der Waals surface area contributed by atoms with Gasteiger partial charge in [-0.25, -0.2) is 4.98 Å². The third kappa shape index (κ3) is 2.47. The maximum absolute atomic E-state index is 5.84. The van der Waals surface area contributed by atoms with Gasteiger partial charge >= 0.3 is 0 Å². The number of ether oxygens (including phenoxy) is 1. The zero-order chi connectivity index (χ0) is 13.1. The molecule has 0 saturated heterocycles. The number of aromatic nitrogens is 2. The molecule has 1 aromatic carbocycles. The summed E-state index contributed by atoms with van der Waals surface area (Å²) in [6, 6.07) is 8.25. The van der Waals surface area contributed by atoms with Gasteiger partial charge in [0.1, 0.15) is 12.4 Å². The van der Waals surface area contributed by atoms with Crippen LogP contribution >= 0.6 is 0 Å². The second kappa shape index (κ2) is 5.12. The Labute approximate surface area is 107 Å². The van der Waals surface area contributed by atoms with Crippen LogP contribution in [0.5, 0.6) is 5.75 Å². The van der Waals surface area contributed by atoms with Crippen LogP contribution in [0.4, 0.5) is 5.95 Å². The molecule has 0 atom stereocenters. The van der Waals surface area contributed by atoms with Gasteiger partial charge in [-0.3, -0.25) is 0 Å². The number of hydrogen-bond acceptors (Lipinski definition) is 3. The number of nitrogens with zero attached hydrogens (tertiary/aromatic N) is 2. The van der Waals surface area contributed by atoms with E-state index in [1.54, 1.807) is 6.20 Å². The van der Waals surface area contributed by atoms with Crippen LogP contribution in [0.3, 0.4) is 0 Å². The van der Waals surface area contributed by atoms with Gasteiger partial charge in [0.05, 0.1) is 11.9 Å². The summed E-state index contributed by atoms with van der Waals surface area (Å²) >= 11 is 0. The van der Waals surface area contributed by atoms with E-state index in [1.807, 2.05) is 35.8 Å². The molecule has 0 spiro atoms. The normalized spacial score (nSPS) is 10.9. The zero-order valence-corrected chi connectivity index (χ0v) is 11.1. The van der Waals surface area contributed by atoms with Crippen molar-refractivity contribution in [3.05, 3.63) is 41.7 Å². The smallest absolute Gasteiger partial charge is 0.200 e. The van der Waals surface area contributed by atoms with Gasteiger partial charge in [0.15, 0.2) is 0 Å². The molecule has 4 heteroatoms. The van der Waals surface area contributed by atoms with E-state index in [-0.39, 0.29) is 6.04 Å². The van der Waals surface area contributed by atoms with Crippen molar-refractivity contribution in [1.82, 2.24) is 9.55 Å². The van der Waals surface area contributed by atoms with Crippen LogP contribution in [0.15, 0.2) is 30.5 Å². The van der Waals surface area contributed by atoms with Crippen molar-refractivity contribution < 1.29 is 4.74 Å². The van der Waals surface area contributed by atoms with Gasteiger partial charge in [0, 0.05) is 6.04 Å². The molecule has 0 radical (unpaired) electrons. The fraction of sp³-hybridized carbons (Fsp3) is 0.357. The Morgan fingerprint density at radius 1 is 1.33 bits per heavy atom. The van der Waals surface area contributed by atoms with Crippen LogP contribution < -0.4 is 10.5 Å². The maximum Gasteiger partial charge on any atom is 0.200 e. The van der Waals surface area contributed by atoms with Crippen LogP contribution in [0.25, 0.3) is 0 Å². The molecule has 0 unspecified atom stereocenters. The Morgan fingerprint density at radius 3 is 2.72 bits per heavy atom. The molecule has 0 bridgehead atoms. The molecule has 0 amide bonds. The first-order chi connectivity index (χ1) is 8.59. The summed E-state index contributed by atoms with van der Waals surface area (Å²) in [6.45, 7) is 6.67. The van der Waals surface area contributed by atoms with Crippen molar-refractivity contribution in [3.8, 4) is 5.75 Å². The van der Waals surface area contributed by atoms with Crippen LogP contribution in [0.1, 0.15) is 31.1 Å². The largest absolute Gasteiger partial charge is 0.487 e. The average Bonchev–Trinajstić information content (AvgIpc) is 2.69.